The maximum atomic E-state index is 12.6. The fourth-order valence-electron chi connectivity index (χ4n) is 4.01. The minimum atomic E-state index is -0.142. The standard InChI is InChI=1S/C20H27N5O2/c1-16-3-5-17(6-4-16)13-24-11-12-27-20(14-24)7-9-25(10-8-20)19(26)18-21-15-23(2)22-18/h3-6,15H,7-14H2,1-2H3. The van der Waals surface area contributed by atoms with Gasteiger partial charge in [-0.05, 0) is 25.3 Å². The molecule has 3 heterocycles. The Kier molecular flexibility index (Phi) is 4.97. The molecule has 0 saturated carbocycles. The van der Waals surface area contributed by atoms with Gasteiger partial charge in [0.25, 0.3) is 5.91 Å². The summed E-state index contributed by atoms with van der Waals surface area (Å²) < 4.78 is 7.78. The molecule has 4 rings (SSSR count). The third-order valence-corrected chi connectivity index (χ3v) is 5.61. The molecule has 0 atom stereocenters. The van der Waals surface area contributed by atoms with E-state index in [9.17, 15) is 4.79 Å². The zero-order valence-corrected chi connectivity index (χ0v) is 16.1. The zero-order valence-electron chi connectivity index (χ0n) is 16.1. The number of carbonyl (C=O) groups is 1. The predicted octanol–water partition coefficient (Wildman–Crippen LogP) is 1.63. The van der Waals surface area contributed by atoms with E-state index in [0.717, 1.165) is 39.1 Å². The van der Waals surface area contributed by atoms with Gasteiger partial charge in [0.15, 0.2) is 0 Å². The summed E-state index contributed by atoms with van der Waals surface area (Å²) >= 11 is 0. The minimum Gasteiger partial charge on any atom is -0.372 e. The number of amides is 1. The van der Waals surface area contributed by atoms with Crippen molar-refractivity contribution in [1.29, 1.82) is 0 Å². The van der Waals surface area contributed by atoms with Crippen LogP contribution < -0.4 is 0 Å². The molecule has 1 aromatic carbocycles. The normalized spacial score (nSPS) is 20.1. The molecule has 1 spiro atoms. The van der Waals surface area contributed by atoms with Crippen molar-refractivity contribution in [3.63, 3.8) is 0 Å². The molecule has 1 aromatic heterocycles. The van der Waals surface area contributed by atoms with Gasteiger partial charge in [-0.2, -0.15) is 0 Å². The number of piperidine rings is 1. The van der Waals surface area contributed by atoms with Crippen LogP contribution in [0, 0.1) is 6.92 Å². The summed E-state index contributed by atoms with van der Waals surface area (Å²) in [4.78, 5) is 21.0. The van der Waals surface area contributed by atoms with Gasteiger partial charge in [0.1, 0.15) is 6.33 Å². The van der Waals surface area contributed by atoms with Crippen LogP contribution in [0.3, 0.4) is 0 Å². The van der Waals surface area contributed by atoms with Gasteiger partial charge >= 0.3 is 0 Å². The number of nitrogens with zero attached hydrogens (tertiary/aromatic N) is 5. The highest BCUT2D eigenvalue weighted by Crippen LogP contribution is 2.31. The zero-order chi connectivity index (χ0) is 18.9. The number of aromatic nitrogens is 3. The molecule has 2 fully saturated rings. The van der Waals surface area contributed by atoms with Gasteiger partial charge in [-0.1, -0.05) is 29.8 Å². The lowest BCUT2D eigenvalue weighted by atomic mass is 9.89. The molecule has 2 saturated heterocycles. The molecule has 1 amide bonds. The Bertz CT molecular complexity index is 793. The van der Waals surface area contributed by atoms with Gasteiger partial charge in [-0.25, -0.2) is 4.98 Å². The van der Waals surface area contributed by atoms with Crippen molar-refractivity contribution < 1.29 is 9.53 Å². The number of benzene rings is 1. The maximum Gasteiger partial charge on any atom is 0.293 e. The summed E-state index contributed by atoms with van der Waals surface area (Å²) in [5.41, 5.74) is 2.49. The largest absolute Gasteiger partial charge is 0.372 e. The lowest BCUT2D eigenvalue weighted by Crippen LogP contribution is -2.57. The van der Waals surface area contributed by atoms with Gasteiger partial charge in [-0.15, -0.1) is 5.10 Å². The molecular weight excluding hydrogens is 342 g/mol. The van der Waals surface area contributed by atoms with Crippen LogP contribution in [0.15, 0.2) is 30.6 Å². The first kappa shape index (κ1) is 18.1. The molecule has 2 aromatic rings. The van der Waals surface area contributed by atoms with Crippen molar-refractivity contribution in [1.82, 2.24) is 24.6 Å². The summed E-state index contributed by atoms with van der Waals surface area (Å²) in [6.07, 6.45) is 3.28. The van der Waals surface area contributed by atoms with Crippen LogP contribution in [0.1, 0.15) is 34.6 Å². The van der Waals surface area contributed by atoms with Crippen molar-refractivity contribution >= 4 is 5.91 Å². The Morgan fingerprint density at radius 1 is 1.19 bits per heavy atom. The van der Waals surface area contributed by atoms with Gasteiger partial charge in [0.05, 0.1) is 12.2 Å². The molecule has 7 nitrogen and oxygen atoms in total. The number of hydrogen-bond donors (Lipinski definition) is 0. The SMILES string of the molecule is Cc1ccc(CN2CCOC3(CCN(C(=O)c4ncn(C)n4)CC3)C2)cc1. The third kappa shape index (κ3) is 4.04. The van der Waals surface area contributed by atoms with Gasteiger partial charge in [0.2, 0.25) is 5.82 Å². The van der Waals surface area contributed by atoms with E-state index < -0.39 is 0 Å². The summed E-state index contributed by atoms with van der Waals surface area (Å²) in [7, 11) is 1.77. The molecular formula is C20H27N5O2. The Labute approximate surface area is 159 Å². The van der Waals surface area contributed by atoms with E-state index in [1.807, 2.05) is 4.90 Å². The van der Waals surface area contributed by atoms with E-state index in [0.29, 0.717) is 13.1 Å². The first-order chi connectivity index (χ1) is 13.0. The number of ether oxygens (including phenoxy) is 1. The van der Waals surface area contributed by atoms with E-state index >= 15 is 0 Å². The third-order valence-electron chi connectivity index (χ3n) is 5.61. The van der Waals surface area contributed by atoms with E-state index in [1.54, 1.807) is 18.1 Å². The molecule has 0 radical (unpaired) electrons. The summed E-state index contributed by atoms with van der Waals surface area (Å²) in [6.45, 7) is 7.07. The highest BCUT2D eigenvalue weighted by molar-refractivity contribution is 5.90. The average Bonchev–Trinajstić information content (AvgIpc) is 3.10. The van der Waals surface area contributed by atoms with Gasteiger partial charge in [-0.3, -0.25) is 14.4 Å². The Balaban J connectivity index is 1.35. The second-order valence-electron chi connectivity index (χ2n) is 7.76. The van der Waals surface area contributed by atoms with Crippen LogP contribution in [0.25, 0.3) is 0 Å². The fourth-order valence-corrected chi connectivity index (χ4v) is 4.01. The lowest BCUT2D eigenvalue weighted by molar-refractivity contribution is -0.134. The Hall–Kier alpha value is -2.25. The van der Waals surface area contributed by atoms with E-state index in [-0.39, 0.29) is 17.3 Å². The van der Waals surface area contributed by atoms with Crippen molar-refractivity contribution in [3.8, 4) is 0 Å². The molecule has 0 N–H and O–H groups in total. The van der Waals surface area contributed by atoms with E-state index in [4.69, 9.17) is 4.74 Å². The average molecular weight is 369 g/mol. The summed E-state index contributed by atoms with van der Waals surface area (Å²) in [5, 5.41) is 4.13. The second-order valence-corrected chi connectivity index (χ2v) is 7.76. The van der Waals surface area contributed by atoms with E-state index in [1.165, 1.54) is 11.1 Å². The molecule has 2 aliphatic heterocycles. The second kappa shape index (κ2) is 7.40. The highest BCUT2D eigenvalue weighted by Gasteiger charge is 2.41. The molecule has 7 heteroatoms. The monoisotopic (exact) mass is 369 g/mol. The van der Waals surface area contributed by atoms with Crippen LogP contribution in [0.5, 0.6) is 0 Å². The number of aryl methyl sites for hydroxylation is 2. The molecule has 27 heavy (non-hydrogen) atoms. The molecule has 0 aliphatic carbocycles. The van der Waals surface area contributed by atoms with Crippen LogP contribution in [0.2, 0.25) is 0 Å². The van der Waals surface area contributed by atoms with Crippen LogP contribution >= 0.6 is 0 Å². The van der Waals surface area contributed by atoms with Crippen LogP contribution in [-0.2, 0) is 18.3 Å². The number of hydrogen-bond acceptors (Lipinski definition) is 5. The maximum absolute atomic E-state index is 12.6. The molecule has 0 unspecified atom stereocenters. The quantitative estimate of drug-likeness (QED) is 0.823. The van der Waals surface area contributed by atoms with Crippen molar-refractivity contribution in [3.05, 3.63) is 47.5 Å². The van der Waals surface area contributed by atoms with Gasteiger partial charge in [0, 0.05) is 39.8 Å². The van der Waals surface area contributed by atoms with Gasteiger partial charge < -0.3 is 9.64 Å². The van der Waals surface area contributed by atoms with Crippen LogP contribution in [0.4, 0.5) is 0 Å². The lowest BCUT2D eigenvalue weighted by Gasteiger charge is -2.47. The highest BCUT2D eigenvalue weighted by atomic mass is 16.5. The Morgan fingerprint density at radius 3 is 2.59 bits per heavy atom. The summed E-state index contributed by atoms with van der Waals surface area (Å²) in [5.74, 6) is 0.191. The van der Waals surface area contributed by atoms with Crippen molar-refractivity contribution in [2.45, 2.75) is 31.9 Å². The Morgan fingerprint density at radius 2 is 1.93 bits per heavy atom. The first-order valence-corrected chi connectivity index (χ1v) is 9.60. The minimum absolute atomic E-state index is 0.0854. The molecule has 2 aliphatic rings. The number of likely N-dealkylation sites (tertiary alicyclic amines) is 1. The number of morpholine rings is 1. The molecule has 144 valence electrons. The van der Waals surface area contributed by atoms with Crippen LogP contribution in [-0.4, -0.2) is 68.9 Å². The predicted molar refractivity (Wildman–Crippen MR) is 101 cm³/mol. The van der Waals surface area contributed by atoms with E-state index in [2.05, 4.69) is 46.2 Å². The number of carbonyl (C=O) groups excluding carboxylic acids is 1. The fraction of sp³-hybridized carbons (Fsp3) is 0.550. The van der Waals surface area contributed by atoms with Crippen molar-refractivity contribution in [2.24, 2.45) is 7.05 Å². The molecule has 0 bridgehead atoms. The summed E-state index contributed by atoms with van der Waals surface area (Å²) in [6, 6.07) is 8.75. The smallest absolute Gasteiger partial charge is 0.293 e. The topological polar surface area (TPSA) is 63.5 Å². The number of rotatable bonds is 3. The first-order valence-electron chi connectivity index (χ1n) is 9.60. The van der Waals surface area contributed by atoms with Crippen molar-refractivity contribution in [2.75, 3.05) is 32.8 Å².